The number of rotatable bonds is 69. The lowest BCUT2D eigenvalue weighted by Gasteiger charge is -2.21. The van der Waals surface area contributed by atoms with Crippen LogP contribution in [0.4, 0.5) is 0 Å². The summed E-state index contributed by atoms with van der Waals surface area (Å²) in [5, 5.41) is 10.6. The normalized spacial score (nSPS) is 14.9. The second-order valence-corrected chi connectivity index (χ2v) is 28.7. The maximum atomic E-state index is 13.0. The summed E-state index contributed by atoms with van der Waals surface area (Å²) < 4.78 is 68.3. The molecule has 7 atom stereocenters. The molecule has 0 spiro atoms. The number of aliphatic hydroxyl groups excluding tert-OH is 1. The Bertz CT molecular complexity index is 1870. The van der Waals surface area contributed by atoms with Crippen molar-refractivity contribution in [3.8, 4) is 0 Å². The lowest BCUT2D eigenvalue weighted by Crippen LogP contribution is -2.30. The summed E-state index contributed by atoms with van der Waals surface area (Å²) in [5.74, 6) is -0.546. The number of phosphoric acid groups is 2. The van der Waals surface area contributed by atoms with Gasteiger partial charge < -0.3 is 33.8 Å². The van der Waals surface area contributed by atoms with Crippen molar-refractivity contribution in [1.82, 2.24) is 0 Å². The summed E-state index contributed by atoms with van der Waals surface area (Å²) >= 11 is 0. The minimum atomic E-state index is -4.96. The Morgan fingerprint density at radius 1 is 0.352 bits per heavy atom. The highest BCUT2D eigenvalue weighted by molar-refractivity contribution is 7.47. The first-order valence-corrected chi connectivity index (χ1v) is 39.9. The Morgan fingerprint density at radius 2 is 0.615 bits per heavy atom. The molecular formula is C72H136O17P2. The Balaban J connectivity index is 5.28. The number of hydrogen-bond donors (Lipinski definition) is 3. The molecule has 0 fully saturated rings. The van der Waals surface area contributed by atoms with Crippen molar-refractivity contribution in [2.24, 2.45) is 11.8 Å². The summed E-state index contributed by atoms with van der Waals surface area (Å²) in [6.45, 7) is 9.52. The third-order valence-corrected chi connectivity index (χ3v) is 18.7. The molecule has 0 aliphatic carbocycles. The monoisotopic (exact) mass is 1330 g/mol. The zero-order chi connectivity index (χ0) is 67.2. The number of unbranched alkanes of at least 4 members (excludes halogenated alkanes) is 34. The van der Waals surface area contributed by atoms with Gasteiger partial charge in [-0.05, 0) is 63.2 Å². The summed E-state index contributed by atoms with van der Waals surface area (Å²) in [6, 6.07) is 0. The van der Waals surface area contributed by atoms with E-state index in [1.807, 2.05) is 0 Å². The van der Waals surface area contributed by atoms with Gasteiger partial charge in [-0.3, -0.25) is 37.3 Å². The number of aliphatic hydroxyl groups is 1. The third kappa shape index (κ3) is 63.4. The number of phosphoric ester groups is 2. The molecule has 0 bridgehead atoms. The molecule has 4 unspecified atom stereocenters. The molecule has 0 saturated carbocycles. The van der Waals surface area contributed by atoms with Crippen LogP contribution in [0.3, 0.4) is 0 Å². The SMILES string of the molecule is CCCCCC/C=C\C=C/CCCCCCCC(=O)O[C@H](COC(=O)CCCCCCCCCCCCC(C)CC)COP(=O)(O)OC[C@@H](O)COP(=O)(O)OC[C@@H](COC(=O)CCCCCCCCCC)OC(=O)CCCCCCCCCCCCC(C)CC. The molecule has 0 aliphatic heterocycles. The fourth-order valence-electron chi connectivity index (χ4n) is 10.3. The van der Waals surface area contributed by atoms with Gasteiger partial charge >= 0.3 is 39.5 Å². The summed E-state index contributed by atoms with van der Waals surface area (Å²) in [7, 11) is -9.91. The average Bonchev–Trinajstić information content (AvgIpc) is 3.60. The number of esters is 4. The van der Waals surface area contributed by atoms with Gasteiger partial charge in [0.05, 0.1) is 26.4 Å². The molecule has 0 aliphatic rings. The van der Waals surface area contributed by atoms with E-state index in [0.29, 0.717) is 25.7 Å². The Morgan fingerprint density at radius 3 is 0.934 bits per heavy atom. The highest BCUT2D eigenvalue weighted by Crippen LogP contribution is 2.45. The molecule has 0 heterocycles. The predicted octanol–water partition coefficient (Wildman–Crippen LogP) is 20.3. The first-order chi connectivity index (χ1) is 43.9. The smallest absolute Gasteiger partial charge is 0.462 e. The maximum absolute atomic E-state index is 13.0. The van der Waals surface area contributed by atoms with Crippen LogP contribution >= 0.6 is 15.6 Å². The van der Waals surface area contributed by atoms with Crippen LogP contribution in [0.5, 0.6) is 0 Å². The maximum Gasteiger partial charge on any atom is 0.472 e. The lowest BCUT2D eigenvalue weighted by atomic mass is 9.99. The molecule has 0 saturated heterocycles. The molecule has 0 aromatic carbocycles. The van der Waals surface area contributed by atoms with E-state index in [4.69, 9.17) is 37.0 Å². The zero-order valence-corrected chi connectivity index (χ0v) is 60.4. The van der Waals surface area contributed by atoms with E-state index >= 15 is 0 Å². The molecule has 0 radical (unpaired) electrons. The van der Waals surface area contributed by atoms with Crippen LogP contribution in [0.1, 0.15) is 343 Å². The molecule has 3 N–H and O–H groups in total. The van der Waals surface area contributed by atoms with Crippen molar-refractivity contribution in [3.05, 3.63) is 24.3 Å². The molecule has 91 heavy (non-hydrogen) atoms. The quantitative estimate of drug-likeness (QED) is 0.0169. The number of carbonyl (C=O) groups excluding carboxylic acids is 4. The molecule has 0 aromatic heterocycles. The van der Waals surface area contributed by atoms with Crippen molar-refractivity contribution in [3.63, 3.8) is 0 Å². The molecule has 0 rings (SSSR count). The minimum absolute atomic E-state index is 0.0847. The van der Waals surface area contributed by atoms with Crippen molar-refractivity contribution in [1.29, 1.82) is 0 Å². The second-order valence-electron chi connectivity index (χ2n) is 25.8. The third-order valence-electron chi connectivity index (χ3n) is 16.8. The fraction of sp³-hybridized carbons (Fsp3) is 0.889. The molecule has 0 amide bonds. The Hall–Kier alpha value is -2.46. The number of carbonyl (C=O) groups is 4. The largest absolute Gasteiger partial charge is 0.472 e. The molecule has 17 nitrogen and oxygen atoms in total. The van der Waals surface area contributed by atoms with Gasteiger partial charge in [-0.15, -0.1) is 0 Å². The van der Waals surface area contributed by atoms with E-state index in [1.165, 1.54) is 141 Å². The van der Waals surface area contributed by atoms with Gasteiger partial charge in [0.15, 0.2) is 12.2 Å². The molecule has 0 aromatic rings. The summed E-state index contributed by atoms with van der Waals surface area (Å²) in [4.78, 5) is 72.5. The van der Waals surface area contributed by atoms with Gasteiger partial charge in [-0.1, -0.05) is 291 Å². The highest BCUT2D eigenvalue weighted by atomic mass is 31.2. The number of ether oxygens (including phenoxy) is 4. The van der Waals surface area contributed by atoms with Crippen LogP contribution in [0.2, 0.25) is 0 Å². The van der Waals surface area contributed by atoms with Gasteiger partial charge in [0.2, 0.25) is 0 Å². The van der Waals surface area contributed by atoms with Crippen molar-refractivity contribution < 1.29 is 80.2 Å². The molecule has 536 valence electrons. The Kier molecular flexibility index (Phi) is 61.9. The number of hydrogen-bond acceptors (Lipinski definition) is 15. The first kappa shape index (κ1) is 88.5. The van der Waals surface area contributed by atoms with Gasteiger partial charge in [-0.25, -0.2) is 9.13 Å². The lowest BCUT2D eigenvalue weighted by molar-refractivity contribution is -0.161. The van der Waals surface area contributed by atoms with E-state index in [-0.39, 0.29) is 25.7 Å². The van der Waals surface area contributed by atoms with E-state index < -0.39 is 97.5 Å². The van der Waals surface area contributed by atoms with Crippen LogP contribution in [-0.4, -0.2) is 96.7 Å². The summed E-state index contributed by atoms with van der Waals surface area (Å²) in [5.41, 5.74) is 0. The van der Waals surface area contributed by atoms with Crippen LogP contribution in [-0.2, 0) is 65.4 Å². The van der Waals surface area contributed by atoms with Gasteiger partial charge in [-0.2, -0.15) is 0 Å². The van der Waals surface area contributed by atoms with E-state index in [0.717, 1.165) is 121 Å². The van der Waals surface area contributed by atoms with Crippen LogP contribution in [0.15, 0.2) is 24.3 Å². The van der Waals surface area contributed by atoms with Crippen molar-refractivity contribution in [2.75, 3.05) is 39.6 Å². The predicted molar refractivity (Wildman–Crippen MR) is 367 cm³/mol. The van der Waals surface area contributed by atoms with Gasteiger partial charge in [0.25, 0.3) is 0 Å². The minimum Gasteiger partial charge on any atom is -0.462 e. The van der Waals surface area contributed by atoms with E-state index in [9.17, 15) is 43.2 Å². The molecular weight excluding hydrogens is 1200 g/mol. The van der Waals surface area contributed by atoms with Crippen molar-refractivity contribution in [2.45, 2.75) is 362 Å². The van der Waals surface area contributed by atoms with Gasteiger partial charge in [0, 0.05) is 25.7 Å². The van der Waals surface area contributed by atoms with Crippen LogP contribution in [0, 0.1) is 11.8 Å². The fourth-order valence-corrected chi connectivity index (χ4v) is 11.9. The standard InChI is InChI=1S/C72H136O17P2/c1-7-11-13-15-17-19-20-21-22-23-24-32-38-44-50-56-71(76)89-68(61-83-70(75)55-49-43-37-31-27-25-29-34-40-46-52-64(5)9-3)63-87-91(80,81)85-59-66(73)58-84-90(78,79)86-62-67(60-82-69(74)54-48-42-36-18-16-14-12-8-2)88-72(77)57-51-45-39-33-28-26-30-35-41-47-53-65(6)10-4/h19-22,64-68,73H,7-18,23-63H2,1-6H3,(H,78,79)(H,80,81)/b20-19-,22-21-/t64?,65?,66-,67+,68+/m0/s1. The van der Waals surface area contributed by atoms with Crippen LogP contribution in [0.25, 0.3) is 0 Å². The first-order valence-electron chi connectivity index (χ1n) is 36.9. The number of allylic oxidation sites excluding steroid dienone is 4. The Labute approximate surface area is 554 Å². The van der Waals surface area contributed by atoms with E-state index in [1.54, 1.807) is 0 Å². The molecule has 19 heteroatoms. The second kappa shape index (κ2) is 63.6. The summed E-state index contributed by atoms with van der Waals surface area (Å²) in [6.07, 6.45) is 52.0. The van der Waals surface area contributed by atoms with Crippen molar-refractivity contribution >= 4 is 39.5 Å². The highest BCUT2D eigenvalue weighted by Gasteiger charge is 2.30. The topological polar surface area (TPSA) is 237 Å². The van der Waals surface area contributed by atoms with E-state index in [2.05, 4.69) is 65.8 Å². The zero-order valence-electron chi connectivity index (χ0n) is 58.6. The average molecular weight is 1340 g/mol. The van der Waals surface area contributed by atoms with Crippen LogP contribution < -0.4 is 0 Å². The van der Waals surface area contributed by atoms with Gasteiger partial charge in [0.1, 0.15) is 19.3 Å².